The minimum atomic E-state index is -0.0906. The number of hydrogen-bond acceptors (Lipinski definition) is 2. The van der Waals surface area contributed by atoms with Gasteiger partial charge in [-0.25, -0.2) is 0 Å². The monoisotopic (exact) mass is 185 g/mol. The Balaban J connectivity index is 2.31. The molecule has 0 N–H and O–H groups in total. The number of carbonyl (C=O) groups is 1. The van der Waals surface area contributed by atoms with Crippen LogP contribution in [0.3, 0.4) is 0 Å². The molecule has 0 unspecified atom stereocenters. The third-order valence-electron chi connectivity index (χ3n) is 2.48. The van der Waals surface area contributed by atoms with Crippen LogP contribution >= 0.6 is 0 Å². The van der Waals surface area contributed by atoms with Gasteiger partial charge in [0, 0.05) is 13.5 Å². The molecule has 0 aromatic rings. The van der Waals surface area contributed by atoms with E-state index in [4.69, 9.17) is 4.74 Å². The summed E-state index contributed by atoms with van der Waals surface area (Å²) in [5, 5.41) is 0. The van der Waals surface area contributed by atoms with Crippen molar-refractivity contribution in [2.45, 2.75) is 32.8 Å². The van der Waals surface area contributed by atoms with Crippen molar-refractivity contribution in [2.24, 2.45) is 5.92 Å². The Bertz CT molecular complexity index is 195. The number of rotatable bonds is 3. The molecule has 1 fully saturated rings. The number of carbonyl (C=O) groups excluding carboxylic acids is 1. The Morgan fingerprint density at radius 2 is 2.08 bits per heavy atom. The lowest BCUT2D eigenvalue weighted by atomic mass is 9.95. The summed E-state index contributed by atoms with van der Waals surface area (Å²) in [6.07, 6.45) is 0.653. The Morgan fingerprint density at radius 3 is 2.46 bits per heavy atom. The highest BCUT2D eigenvalue weighted by Gasteiger charge is 2.41. The van der Waals surface area contributed by atoms with Crippen LogP contribution in [-0.4, -0.2) is 36.6 Å². The summed E-state index contributed by atoms with van der Waals surface area (Å²) >= 11 is 0. The molecule has 0 radical (unpaired) electrons. The predicted octanol–water partition coefficient (Wildman–Crippen LogP) is 1.28. The van der Waals surface area contributed by atoms with E-state index in [0.717, 1.165) is 13.1 Å². The van der Waals surface area contributed by atoms with Crippen molar-refractivity contribution in [1.82, 2.24) is 4.90 Å². The van der Waals surface area contributed by atoms with Crippen LogP contribution in [-0.2, 0) is 9.53 Å². The van der Waals surface area contributed by atoms with Crippen molar-refractivity contribution in [2.75, 3.05) is 20.2 Å². The number of likely N-dealkylation sites (tertiary alicyclic amines) is 1. The van der Waals surface area contributed by atoms with E-state index in [0.29, 0.717) is 12.3 Å². The summed E-state index contributed by atoms with van der Waals surface area (Å²) in [5.74, 6) is 0.700. The van der Waals surface area contributed by atoms with Crippen LogP contribution in [0.1, 0.15) is 27.2 Å². The summed E-state index contributed by atoms with van der Waals surface area (Å²) < 4.78 is 5.27. The molecule has 1 aliphatic rings. The van der Waals surface area contributed by atoms with Gasteiger partial charge in [-0.15, -0.1) is 0 Å². The Kier molecular flexibility index (Phi) is 2.96. The van der Waals surface area contributed by atoms with Gasteiger partial charge < -0.3 is 9.64 Å². The van der Waals surface area contributed by atoms with Gasteiger partial charge in [0.25, 0.3) is 0 Å². The van der Waals surface area contributed by atoms with E-state index in [1.54, 1.807) is 7.11 Å². The van der Waals surface area contributed by atoms with Gasteiger partial charge in [0.2, 0.25) is 5.91 Å². The fourth-order valence-corrected chi connectivity index (χ4v) is 1.54. The van der Waals surface area contributed by atoms with Crippen LogP contribution in [0.2, 0.25) is 0 Å². The second-order valence-corrected chi connectivity index (χ2v) is 4.50. The Morgan fingerprint density at radius 1 is 1.54 bits per heavy atom. The van der Waals surface area contributed by atoms with Crippen molar-refractivity contribution < 1.29 is 9.53 Å². The molecule has 1 rings (SSSR count). The standard InChI is InChI=1S/C10H19NO2/c1-8(2)5-9(12)11-6-10(3,7-11)13-4/h8H,5-7H2,1-4H3. The van der Waals surface area contributed by atoms with Crippen LogP contribution in [0.4, 0.5) is 0 Å². The molecular weight excluding hydrogens is 166 g/mol. The van der Waals surface area contributed by atoms with Crippen LogP contribution < -0.4 is 0 Å². The zero-order valence-electron chi connectivity index (χ0n) is 8.96. The van der Waals surface area contributed by atoms with Crippen LogP contribution in [0.15, 0.2) is 0 Å². The second kappa shape index (κ2) is 3.66. The average Bonchev–Trinajstić information content (AvgIpc) is 1.97. The molecule has 3 heteroatoms. The highest BCUT2D eigenvalue weighted by atomic mass is 16.5. The maximum Gasteiger partial charge on any atom is 0.223 e. The fourth-order valence-electron chi connectivity index (χ4n) is 1.54. The van der Waals surface area contributed by atoms with Gasteiger partial charge in [0.1, 0.15) is 0 Å². The van der Waals surface area contributed by atoms with Crippen molar-refractivity contribution in [3.8, 4) is 0 Å². The molecule has 76 valence electrons. The first-order valence-electron chi connectivity index (χ1n) is 4.80. The molecule has 0 aliphatic carbocycles. The van der Waals surface area contributed by atoms with E-state index < -0.39 is 0 Å². The predicted molar refractivity (Wildman–Crippen MR) is 51.4 cm³/mol. The quantitative estimate of drug-likeness (QED) is 0.663. The third kappa shape index (κ3) is 2.44. The number of hydrogen-bond donors (Lipinski definition) is 0. The fraction of sp³-hybridized carbons (Fsp3) is 0.900. The van der Waals surface area contributed by atoms with E-state index in [-0.39, 0.29) is 11.5 Å². The van der Waals surface area contributed by atoms with Crippen molar-refractivity contribution in [3.05, 3.63) is 0 Å². The number of ether oxygens (including phenoxy) is 1. The molecule has 1 heterocycles. The van der Waals surface area contributed by atoms with Crippen molar-refractivity contribution in [3.63, 3.8) is 0 Å². The average molecular weight is 185 g/mol. The number of methoxy groups -OCH3 is 1. The lowest BCUT2D eigenvalue weighted by Crippen LogP contribution is -2.62. The van der Waals surface area contributed by atoms with Gasteiger partial charge in [-0.3, -0.25) is 4.79 Å². The Hall–Kier alpha value is -0.570. The smallest absolute Gasteiger partial charge is 0.223 e. The third-order valence-corrected chi connectivity index (χ3v) is 2.48. The number of amides is 1. The van der Waals surface area contributed by atoms with Crippen LogP contribution in [0.5, 0.6) is 0 Å². The van der Waals surface area contributed by atoms with Crippen molar-refractivity contribution in [1.29, 1.82) is 0 Å². The molecule has 1 amide bonds. The first-order chi connectivity index (χ1) is 5.97. The first kappa shape index (κ1) is 10.5. The SMILES string of the molecule is COC1(C)CN(C(=O)CC(C)C)C1. The lowest BCUT2D eigenvalue weighted by Gasteiger charge is -2.47. The summed E-state index contributed by atoms with van der Waals surface area (Å²) in [5.41, 5.74) is -0.0906. The van der Waals surface area contributed by atoms with Crippen molar-refractivity contribution >= 4 is 5.91 Å². The molecule has 0 bridgehead atoms. The van der Waals surface area contributed by atoms with E-state index in [2.05, 4.69) is 13.8 Å². The van der Waals surface area contributed by atoms with E-state index in [1.165, 1.54) is 0 Å². The molecule has 3 nitrogen and oxygen atoms in total. The molecule has 0 atom stereocenters. The molecule has 0 spiro atoms. The summed E-state index contributed by atoms with van der Waals surface area (Å²) in [6, 6.07) is 0. The van der Waals surface area contributed by atoms with E-state index in [1.807, 2.05) is 11.8 Å². The van der Waals surface area contributed by atoms with Gasteiger partial charge in [-0.2, -0.15) is 0 Å². The summed E-state index contributed by atoms with van der Waals surface area (Å²) in [7, 11) is 1.70. The zero-order valence-corrected chi connectivity index (χ0v) is 8.96. The van der Waals surface area contributed by atoms with Gasteiger partial charge in [-0.05, 0) is 12.8 Å². The maximum atomic E-state index is 11.5. The van der Waals surface area contributed by atoms with Gasteiger partial charge in [-0.1, -0.05) is 13.8 Å². The molecule has 0 saturated carbocycles. The molecule has 1 aliphatic heterocycles. The minimum absolute atomic E-state index is 0.0906. The highest BCUT2D eigenvalue weighted by Crippen LogP contribution is 2.24. The van der Waals surface area contributed by atoms with Gasteiger partial charge >= 0.3 is 0 Å². The topological polar surface area (TPSA) is 29.5 Å². The number of nitrogens with zero attached hydrogens (tertiary/aromatic N) is 1. The van der Waals surface area contributed by atoms with Crippen LogP contribution in [0.25, 0.3) is 0 Å². The highest BCUT2D eigenvalue weighted by molar-refractivity contribution is 5.77. The minimum Gasteiger partial charge on any atom is -0.375 e. The molecule has 1 saturated heterocycles. The van der Waals surface area contributed by atoms with E-state index in [9.17, 15) is 4.79 Å². The lowest BCUT2D eigenvalue weighted by molar-refractivity contribution is -0.158. The maximum absolute atomic E-state index is 11.5. The molecule has 13 heavy (non-hydrogen) atoms. The normalized spacial score (nSPS) is 20.2. The summed E-state index contributed by atoms with van der Waals surface area (Å²) in [6.45, 7) is 7.65. The summed E-state index contributed by atoms with van der Waals surface area (Å²) in [4.78, 5) is 13.4. The molecule has 0 aromatic heterocycles. The Labute approximate surface area is 80.1 Å². The first-order valence-corrected chi connectivity index (χ1v) is 4.80. The molecule has 0 aromatic carbocycles. The molecular formula is C10H19NO2. The van der Waals surface area contributed by atoms with Gasteiger partial charge in [0.15, 0.2) is 0 Å². The van der Waals surface area contributed by atoms with Gasteiger partial charge in [0.05, 0.1) is 18.7 Å². The van der Waals surface area contributed by atoms with Crippen LogP contribution in [0, 0.1) is 5.92 Å². The van der Waals surface area contributed by atoms with E-state index >= 15 is 0 Å². The largest absolute Gasteiger partial charge is 0.375 e. The second-order valence-electron chi connectivity index (χ2n) is 4.50. The zero-order chi connectivity index (χ0) is 10.1.